The summed E-state index contributed by atoms with van der Waals surface area (Å²) in [5, 5.41) is 0. The third-order valence-corrected chi connectivity index (χ3v) is 1.12. The number of rotatable bonds is 4. The van der Waals surface area contributed by atoms with Crippen LogP contribution in [0.4, 0.5) is 0 Å². The molecule has 2 heteroatoms. The molecular weight excluding hydrogens is 138 g/mol. The molecule has 0 saturated heterocycles. The van der Waals surface area contributed by atoms with E-state index in [1.54, 1.807) is 6.08 Å². The summed E-state index contributed by atoms with van der Waals surface area (Å²) in [6.07, 6.45) is 3.60. The summed E-state index contributed by atoms with van der Waals surface area (Å²) in [4.78, 5) is 0. The highest BCUT2D eigenvalue weighted by Crippen LogP contribution is 2.05. The lowest BCUT2D eigenvalue weighted by molar-refractivity contribution is 0.299. The lowest BCUT2D eigenvalue weighted by atomic mass is 10.3. The van der Waals surface area contributed by atoms with Crippen molar-refractivity contribution in [2.24, 2.45) is 5.73 Å². The van der Waals surface area contributed by atoms with Gasteiger partial charge in [-0.05, 0) is 19.9 Å². The maximum absolute atomic E-state index is 5.49. The minimum absolute atomic E-state index is 0.156. The molecule has 0 unspecified atom stereocenters. The average Bonchev–Trinajstić information content (AvgIpc) is 1.87. The van der Waals surface area contributed by atoms with Gasteiger partial charge in [-0.1, -0.05) is 19.2 Å². The largest absolute Gasteiger partial charge is 0.461 e. The normalized spacial score (nSPS) is 13.0. The molecule has 1 atom stereocenters. The van der Waals surface area contributed by atoms with E-state index >= 15 is 0 Å². The minimum Gasteiger partial charge on any atom is -0.461 e. The Bertz CT molecular complexity index is 180. The Labute approximate surface area is 68.0 Å². The van der Waals surface area contributed by atoms with Gasteiger partial charge >= 0.3 is 0 Å². The van der Waals surface area contributed by atoms with E-state index in [0.29, 0.717) is 11.5 Å². The van der Waals surface area contributed by atoms with Crippen LogP contribution in [-0.2, 0) is 4.74 Å². The molecule has 0 aliphatic carbocycles. The van der Waals surface area contributed by atoms with E-state index in [1.807, 2.05) is 19.9 Å². The second-order valence-electron chi connectivity index (χ2n) is 2.32. The van der Waals surface area contributed by atoms with Crippen LogP contribution >= 0.6 is 0 Å². The van der Waals surface area contributed by atoms with Gasteiger partial charge in [-0.25, -0.2) is 0 Å². The average molecular weight is 153 g/mol. The molecule has 0 radical (unpaired) electrons. The summed E-state index contributed by atoms with van der Waals surface area (Å²) in [5.41, 5.74) is 5.49. The Kier molecular flexibility index (Phi) is 4.30. The zero-order valence-electron chi connectivity index (χ0n) is 7.13. The summed E-state index contributed by atoms with van der Waals surface area (Å²) >= 11 is 0. The van der Waals surface area contributed by atoms with Crippen molar-refractivity contribution in [3.05, 3.63) is 36.8 Å². The first-order valence-electron chi connectivity index (χ1n) is 3.51. The molecule has 0 saturated carbocycles. The summed E-state index contributed by atoms with van der Waals surface area (Å²) in [7, 11) is 0. The SMILES string of the molecule is C=C(/C=C\C)OC(=C)[C@@H](C)N. The quantitative estimate of drug-likeness (QED) is 0.495. The molecule has 0 aliphatic heterocycles. The molecule has 0 aromatic heterocycles. The van der Waals surface area contributed by atoms with Gasteiger partial charge in [0.05, 0.1) is 6.04 Å². The Balaban J connectivity index is 3.86. The highest BCUT2D eigenvalue weighted by atomic mass is 16.5. The molecule has 0 fully saturated rings. The third kappa shape index (κ3) is 4.39. The molecule has 0 amide bonds. The van der Waals surface area contributed by atoms with E-state index in [-0.39, 0.29) is 6.04 Å². The lowest BCUT2D eigenvalue weighted by Gasteiger charge is -2.10. The Morgan fingerprint density at radius 1 is 1.55 bits per heavy atom. The standard InChI is InChI=1S/C9H15NO/c1-5-6-7(2)11-9(4)8(3)10/h5-6,8H,2,4,10H2,1,3H3/b6-5-/t8-/m1/s1. The van der Waals surface area contributed by atoms with Crippen LogP contribution in [0.5, 0.6) is 0 Å². The molecule has 0 rings (SSSR count). The number of nitrogens with two attached hydrogens (primary N) is 1. The molecule has 0 bridgehead atoms. The topological polar surface area (TPSA) is 35.2 Å². The van der Waals surface area contributed by atoms with Gasteiger partial charge in [0.2, 0.25) is 0 Å². The van der Waals surface area contributed by atoms with E-state index in [1.165, 1.54) is 0 Å². The monoisotopic (exact) mass is 153 g/mol. The molecule has 0 aliphatic rings. The minimum atomic E-state index is -0.156. The number of allylic oxidation sites excluding steroid dienone is 2. The van der Waals surface area contributed by atoms with Gasteiger partial charge in [0.15, 0.2) is 0 Å². The second-order valence-corrected chi connectivity index (χ2v) is 2.32. The van der Waals surface area contributed by atoms with Crippen molar-refractivity contribution >= 4 is 0 Å². The summed E-state index contributed by atoms with van der Waals surface area (Å²) in [6.45, 7) is 11.0. The van der Waals surface area contributed by atoms with Crippen molar-refractivity contribution in [3.8, 4) is 0 Å². The van der Waals surface area contributed by atoms with Crippen LogP contribution in [0.3, 0.4) is 0 Å². The molecular formula is C9H15NO. The number of hydrogen-bond donors (Lipinski definition) is 1. The summed E-state index contributed by atoms with van der Waals surface area (Å²) in [6, 6.07) is -0.156. The smallest absolute Gasteiger partial charge is 0.119 e. The summed E-state index contributed by atoms with van der Waals surface area (Å²) in [5.74, 6) is 1.10. The van der Waals surface area contributed by atoms with Gasteiger partial charge in [0, 0.05) is 0 Å². The van der Waals surface area contributed by atoms with Crippen molar-refractivity contribution in [1.82, 2.24) is 0 Å². The Morgan fingerprint density at radius 3 is 2.45 bits per heavy atom. The second kappa shape index (κ2) is 4.74. The zero-order valence-corrected chi connectivity index (χ0v) is 7.13. The highest BCUT2D eigenvalue weighted by Gasteiger charge is 2.00. The maximum atomic E-state index is 5.49. The van der Waals surface area contributed by atoms with Gasteiger partial charge in [0.25, 0.3) is 0 Å². The van der Waals surface area contributed by atoms with Gasteiger partial charge in [-0.3, -0.25) is 0 Å². The Morgan fingerprint density at radius 2 is 2.09 bits per heavy atom. The fourth-order valence-corrected chi connectivity index (χ4v) is 0.481. The van der Waals surface area contributed by atoms with E-state index in [4.69, 9.17) is 10.5 Å². The van der Waals surface area contributed by atoms with Crippen molar-refractivity contribution in [2.45, 2.75) is 19.9 Å². The zero-order chi connectivity index (χ0) is 8.85. The third-order valence-electron chi connectivity index (χ3n) is 1.12. The van der Waals surface area contributed by atoms with Crippen LogP contribution in [0, 0.1) is 0 Å². The van der Waals surface area contributed by atoms with Gasteiger partial charge in [-0.2, -0.15) is 0 Å². The molecule has 0 aromatic rings. The maximum Gasteiger partial charge on any atom is 0.119 e. The predicted molar refractivity (Wildman–Crippen MR) is 47.8 cm³/mol. The lowest BCUT2D eigenvalue weighted by Crippen LogP contribution is -2.18. The molecule has 0 aromatic carbocycles. The molecule has 0 heterocycles. The van der Waals surface area contributed by atoms with Crippen LogP contribution in [0.1, 0.15) is 13.8 Å². The van der Waals surface area contributed by atoms with E-state index in [2.05, 4.69) is 13.2 Å². The van der Waals surface area contributed by atoms with Crippen LogP contribution in [0.15, 0.2) is 36.8 Å². The highest BCUT2D eigenvalue weighted by molar-refractivity contribution is 5.10. The molecule has 11 heavy (non-hydrogen) atoms. The molecule has 0 spiro atoms. The van der Waals surface area contributed by atoms with Crippen molar-refractivity contribution in [1.29, 1.82) is 0 Å². The van der Waals surface area contributed by atoms with Crippen molar-refractivity contribution < 1.29 is 4.74 Å². The van der Waals surface area contributed by atoms with Crippen molar-refractivity contribution in [2.75, 3.05) is 0 Å². The van der Waals surface area contributed by atoms with Crippen LogP contribution in [0.2, 0.25) is 0 Å². The predicted octanol–water partition coefficient (Wildman–Crippen LogP) is 1.95. The van der Waals surface area contributed by atoms with E-state index in [9.17, 15) is 0 Å². The Hall–Kier alpha value is -1.02. The first kappa shape index (κ1) is 9.98. The van der Waals surface area contributed by atoms with Gasteiger partial charge in [-0.15, -0.1) is 0 Å². The molecule has 2 nitrogen and oxygen atoms in total. The van der Waals surface area contributed by atoms with Crippen LogP contribution in [-0.4, -0.2) is 6.04 Å². The first-order valence-corrected chi connectivity index (χ1v) is 3.51. The number of hydrogen-bond acceptors (Lipinski definition) is 2. The fraction of sp³-hybridized carbons (Fsp3) is 0.333. The molecule has 62 valence electrons. The first-order chi connectivity index (χ1) is 5.07. The van der Waals surface area contributed by atoms with E-state index in [0.717, 1.165) is 0 Å². The van der Waals surface area contributed by atoms with Gasteiger partial charge < -0.3 is 10.5 Å². The molecule has 2 N–H and O–H groups in total. The van der Waals surface area contributed by atoms with E-state index < -0.39 is 0 Å². The summed E-state index contributed by atoms with van der Waals surface area (Å²) < 4.78 is 5.15. The van der Waals surface area contributed by atoms with Gasteiger partial charge in [0.1, 0.15) is 11.5 Å². The van der Waals surface area contributed by atoms with Crippen LogP contribution < -0.4 is 5.73 Å². The van der Waals surface area contributed by atoms with Crippen molar-refractivity contribution in [3.63, 3.8) is 0 Å². The van der Waals surface area contributed by atoms with Crippen LogP contribution in [0.25, 0.3) is 0 Å². The fourth-order valence-electron chi connectivity index (χ4n) is 0.481. The number of ether oxygens (including phenoxy) is 1.